The van der Waals surface area contributed by atoms with E-state index in [1.54, 1.807) is 0 Å². The Morgan fingerprint density at radius 1 is 0.950 bits per heavy atom. The molecule has 1 aliphatic rings. The summed E-state index contributed by atoms with van der Waals surface area (Å²) in [4.78, 5) is 7.92. The predicted molar refractivity (Wildman–Crippen MR) is 79.6 cm³/mol. The fourth-order valence-corrected chi connectivity index (χ4v) is 2.56. The van der Waals surface area contributed by atoms with Crippen molar-refractivity contribution < 1.29 is 0 Å². The van der Waals surface area contributed by atoms with Crippen LogP contribution in [0.4, 0.5) is 0 Å². The average Bonchev–Trinajstić information content (AvgIpc) is 3.14. The third kappa shape index (κ3) is 1.86. The van der Waals surface area contributed by atoms with E-state index in [1.807, 2.05) is 30.3 Å². The summed E-state index contributed by atoms with van der Waals surface area (Å²) < 4.78 is 0. The summed E-state index contributed by atoms with van der Waals surface area (Å²) in [5.74, 6) is 0.858. The van der Waals surface area contributed by atoms with Gasteiger partial charge in [-0.25, -0.2) is 4.98 Å². The summed E-state index contributed by atoms with van der Waals surface area (Å²) >= 11 is 0. The zero-order chi connectivity index (χ0) is 13.4. The van der Waals surface area contributed by atoms with Crippen molar-refractivity contribution in [3.05, 3.63) is 66.0 Å². The fraction of sp³-hybridized carbons (Fsp3) is 0.125. The van der Waals surface area contributed by atoms with Crippen LogP contribution in [0.5, 0.6) is 0 Å². The highest BCUT2D eigenvalue weighted by Crippen LogP contribution is 2.24. The Balaban J connectivity index is 1.61. The van der Waals surface area contributed by atoms with E-state index in [0.29, 0.717) is 0 Å². The third-order valence-electron chi connectivity index (χ3n) is 3.62. The van der Waals surface area contributed by atoms with Gasteiger partial charge in [0.25, 0.3) is 0 Å². The van der Waals surface area contributed by atoms with Crippen molar-refractivity contribution in [2.45, 2.75) is 12.5 Å². The van der Waals surface area contributed by atoms with Crippen LogP contribution in [0.25, 0.3) is 11.0 Å². The van der Waals surface area contributed by atoms with E-state index in [4.69, 9.17) is 0 Å². The van der Waals surface area contributed by atoms with Crippen LogP contribution in [0.15, 0.2) is 59.7 Å². The molecule has 20 heavy (non-hydrogen) atoms. The lowest BCUT2D eigenvalue weighted by atomic mass is 10.0. The molecule has 4 nitrogen and oxygen atoms in total. The van der Waals surface area contributed by atoms with Gasteiger partial charge in [0.1, 0.15) is 5.71 Å². The molecule has 1 unspecified atom stereocenters. The zero-order valence-corrected chi connectivity index (χ0v) is 10.9. The molecule has 0 bridgehead atoms. The monoisotopic (exact) mass is 262 g/mol. The molecule has 0 radical (unpaired) electrons. The van der Waals surface area contributed by atoms with Crippen molar-refractivity contribution in [1.82, 2.24) is 15.4 Å². The predicted octanol–water partition coefficient (Wildman–Crippen LogP) is 3.00. The van der Waals surface area contributed by atoms with Crippen LogP contribution in [0, 0.1) is 0 Å². The van der Waals surface area contributed by atoms with E-state index in [0.717, 1.165) is 29.0 Å². The first-order chi connectivity index (χ1) is 9.90. The number of hydrazone groups is 1. The van der Waals surface area contributed by atoms with Gasteiger partial charge in [-0.2, -0.15) is 5.10 Å². The summed E-state index contributed by atoms with van der Waals surface area (Å²) in [6.45, 7) is 0. The minimum Gasteiger partial charge on any atom is -0.337 e. The molecule has 0 amide bonds. The number of aromatic nitrogens is 2. The van der Waals surface area contributed by atoms with Gasteiger partial charge in [-0.1, -0.05) is 42.5 Å². The molecule has 98 valence electrons. The normalized spacial score (nSPS) is 18.0. The number of benzene rings is 2. The molecule has 4 rings (SSSR count). The number of H-pyrrole nitrogens is 1. The highest BCUT2D eigenvalue weighted by molar-refractivity contribution is 6.01. The van der Waals surface area contributed by atoms with E-state index in [9.17, 15) is 0 Å². The molecule has 3 aromatic rings. The lowest BCUT2D eigenvalue weighted by Crippen LogP contribution is -2.09. The minimum atomic E-state index is 0.236. The molecule has 0 fully saturated rings. The van der Waals surface area contributed by atoms with E-state index in [2.05, 4.69) is 44.8 Å². The van der Waals surface area contributed by atoms with Crippen LogP contribution < -0.4 is 5.43 Å². The number of rotatable bonds is 2. The summed E-state index contributed by atoms with van der Waals surface area (Å²) in [5.41, 5.74) is 7.46. The second kappa shape index (κ2) is 4.49. The van der Waals surface area contributed by atoms with Crippen LogP contribution in [0.1, 0.15) is 23.9 Å². The maximum atomic E-state index is 4.60. The standard InChI is InChI=1S/C16H14N4/c1-2-6-11(7-3-1)14-10-15(20-19-14)16-17-12-8-4-5-9-13(12)18-16/h1-9,14,19H,10H2,(H,17,18). The number of hydrogen-bond acceptors (Lipinski definition) is 3. The van der Waals surface area contributed by atoms with Gasteiger partial charge >= 0.3 is 0 Å². The minimum absolute atomic E-state index is 0.236. The molecular formula is C16H14N4. The number of nitrogens with zero attached hydrogens (tertiary/aromatic N) is 2. The Labute approximate surface area is 116 Å². The maximum Gasteiger partial charge on any atom is 0.154 e. The highest BCUT2D eigenvalue weighted by Gasteiger charge is 2.22. The van der Waals surface area contributed by atoms with E-state index < -0.39 is 0 Å². The maximum absolute atomic E-state index is 4.60. The molecule has 2 aromatic carbocycles. The van der Waals surface area contributed by atoms with Gasteiger partial charge in [0, 0.05) is 6.42 Å². The molecule has 0 saturated heterocycles. The summed E-state index contributed by atoms with van der Waals surface area (Å²) in [6.07, 6.45) is 0.851. The van der Waals surface area contributed by atoms with Gasteiger partial charge in [-0.15, -0.1) is 0 Å². The molecular weight excluding hydrogens is 248 g/mol. The Morgan fingerprint density at radius 2 is 1.75 bits per heavy atom. The van der Waals surface area contributed by atoms with Gasteiger partial charge in [0.2, 0.25) is 0 Å². The first kappa shape index (κ1) is 11.2. The van der Waals surface area contributed by atoms with Crippen molar-refractivity contribution in [3.63, 3.8) is 0 Å². The van der Waals surface area contributed by atoms with Crippen LogP contribution in [0.3, 0.4) is 0 Å². The number of hydrogen-bond donors (Lipinski definition) is 2. The Bertz CT molecular complexity index is 740. The van der Waals surface area contributed by atoms with Crippen molar-refractivity contribution in [2.24, 2.45) is 5.10 Å². The van der Waals surface area contributed by atoms with Crippen molar-refractivity contribution in [2.75, 3.05) is 0 Å². The third-order valence-corrected chi connectivity index (χ3v) is 3.62. The number of aromatic amines is 1. The van der Waals surface area contributed by atoms with Crippen LogP contribution in [-0.2, 0) is 0 Å². The molecule has 2 N–H and O–H groups in total. The van der Waals surface area contributed by atoms with E-state index in [1.165, 1.54) is 5.56 Å². The smallest absolute Gasteiger partial charge is 0.154 e. The molecule has 4 heteroatoms. The fourth-order valence-electron chi connectivity index (χ4n) is 2.56. The first-order valence-corrected chi connectivity index (χ1v) is 6.72. The molecule has 2 heterocycles. The second-order valence-corrected chi connectivity index (χ2v) is 4.96. The Kier molecular flexibility index (Phi) is 2.52. The van der Waals surface area contributed by atoms with Crippen LogP contribution in [0.2, 0.25) is 0 Å². The number of fused-ring (bicyclic) bond motifs is 1. The zero-order valence-electron chi connectivity index (χ0n) is 10.9. The van der Waals surface area contributed by atoms with Crippen LogP contribution >= 0.6 is 0 Å². The molecule has 1 aliphatic heterocycles. The summed E-state index contributed by atoms with van der Waals surface area (Å²) in [5, 5.41) is 4.43. The largest absolute Gasteiger partial charge is 0.337 e. The molecule has 0 saturated carbocycles. The highest BCUT2D eigenvalue weighted by atomic mass is 15.3. The lowest BCUT2D eigenvalue weighted by Gasteiger charge is -2.08. The summed E-state index contributed by atoms with van der Waals surface area (Å²) in [6, 6.07) is 18.6. The molecule has 0 aliphatic carbocycles. The average molecular weight is 262 g/mol. The first-order valence-electron chi connectivity index (χ1n) is 6.72. The topological polar surface area (TPSA) is 53.1 Å². The van der Waals surface area contributed by atoms with Crippen molar-refractivity contribution >= 4 is 16.7 Å². The van der Waals surface area contributed by atoms with Crippen LogP contribution in [-0.4, -0.2) is 15.7 Å². The molecule has 0 spiro atoms. The van der Waals surface area contributed by atoms with E-state index in [-0.39, 0.29) is 6.04 Å². The van der Waals surface area contributed by atoms with E-state index >= 15 is 0 Å². The van der Waals surface area contributed by atoms with Gasteiger partial charge in [-0.05, 0) is 17.7 Å². The second-order valence-electron chi connectivity index (χ2n) is 4.96. The number of imidazole rings is 1. The van der Waals surface area contributed by atoms with Gasteiger partial charge in [0.05, 0.1) is 17.1 Å². The summed E-state index contributed by atoms with van der Waals surface area (Å²) in [7, 11) is 0. The number of para-hydroxylation sites is 2. The quantitative estimate of drug-likeness (QED) is 0.746. The SMILES string of the molecule is c1ccc(C2CC(c3nc4ccccc4[nH]3)=NN2)cc1. The van der Waals surface area contributed by atoms with Gasteiger partial charge < -0.3 is 10.4 Å². The van der Waals surface area contributed by atoms with Gasteiger partial charge in [-0.3, -0.25) is 0 Å². The van der Waals surface area contributed by atoms with Gasteiger partial charge in [0.15, 0.2) is 5.82 Å². The Morgan fingerprint density at radius 3 is 2.60 bits per heavy atom. The Hall–Kier alpha value is -2.62. The lowest BCUT2D eigenvalue weighted by molar-refractivity contribution is 0.620. The van der Waals surface area contributed by atoms with Crippen molar-refractivity contribution in [3.8, 4) is 0 Å². The molecule has 1 aromatic heterocycles. The van der Waals surface area contributed by atoms with Crippen molar-refractivity contribution in [1.29, 1.82) is 0 Å². The molecule has 1 atom stereocenters. The number of nitrogens with one attached hydrogen (secondary N) is 2.